The van der Waals surface area contributed by atoms with E-state index in [1.54, 1.807) is 12.1 Å². The molecule has 0 unspecified atom stereocenters. The zero-order chi connectivity index (χ0) is 17.8. The van der Waals surface area contributed by atoms with Crippen molar-refractivity contribution in [1.82, 2.24) is 16.2 Å². The number of hydrogen-bond acceptors (Lipinski definition) is 4. The van der Waals surface area contributed by atoms with Gasteiger partial charge in [0.25, 0.3) is 5.91 Å². The molecule has 0 aliphatic rings. The molecular weight excluding hydrogens is 326 g/mol. The molecule has 6 nitrogen and oxygen atoms in total. The van der Waals surface area contributed by atoms with E-state index in [0.717, 1.165) is 25.7 Å². The summed E-state index contributed by atoms with van der Waals surface area (Å²) in [5.41, 5.74) is 6.99. The molecule has 1 amide bonds. The van der Waals surface area contributed by atoms with Crippen molar-refractivity contribution in [2.45, 2.75) is 39.0 Å². The molecule has 0 saturated heterocycles. The van der Waals surface area contributed by atoms with Crippen molar-refractivity contribution in [3.63, 3.8) is 0 Å². The van der Waals surface area contributed by atoms with Crippen LogP contribution < -0.4 is 16.2 Å². The second-order valence-corrected chi connectivity index (χ2v) is 5.68. The van der Waals surface area contributed by atoms with Crippen LogP contribution in [0.15, 0.2) is 24.3 Å². The highest BCUT2D eigenvalue weighted by atomic mass is 32.1. The van der Waals surface area contributed by atoms with E-state index in [4.69, 9.17) is 12.2 Å². The summed E-state index contributed by atoms with van der Waals surface area (Å²) in [7, 11) is 1.39. The summed E-state index contributed by atoms with van der Waals surface area (Å²) in [6.07, 6.45) is 3.95. The fourth-order valence-electron chi connectivity index (χ4n) is 2.00. The van der Waals surface area contributed by atoms with Crippen LogP contribution in [0.1, 0.15) is 48.5 Å². The molecule has 0 fully saturated rings. The second-order valence-electron chi connectivity index (χ2n) is 5.27. The van der Waals surface area contributed by atoms with Crippen LogP contribution in [0, 0.1) is 0 Å². The van der Waals surface area contributed by atoms with Crippen molar-refractivity contribution in [3.8, 4) is 0 Å². The lowest BCUT2D eigenvalue weighted by molar-refractivity contribution is -0.140. The number of hydrogen-bond donors (Lipinski definition) is 3. The number of aryl methyl sites for hydroxylation is 1. The number of carbonyl (C=O) groups excluding carboxylic acids is 2. The van der Waals surface area contributed by atoms with Gasteiger partial charge in [-0.15, -0.1) is 0 Å². The predicted molar refractivity (Wildman–Crippen MR) is 97.5 cm³/mol. The minimum absolute atomic E-state index is 0.185. The van der Waals surface area contributed by atoms with Crippen LogP contribution in [0.25, 0.3) is 0 Å². The molecule has 132 valence electrons. The molecule has 3 N–H and O–H groups in total. The molecular formula is C17H25N3O3S. The first-order valence-electron chi connectivity index (χ1n) is 8.06. The fourth-order valence-corrected chi connectivity index (χ4v) is 2.15. The van der Waals surface area contributed by atoms with Gasteiger partial charge in [-0.1, -0.05) is 25.5 Å². The number of thiocarbonyl (C=S) groups is 1. The zero-order valence-corrected chi connectivity index (χ0v) is 15.0. The molecule has 0 aliphatic heterocycles. The Hall–Kier alpha value is -2.15. The van der Waals surface area contributed by atoms with Gasteiger partial charge in [-0.2, -0.15) is 0 Å². The SMILES string of the molecule is CCc1ccc(C(=O)NNC(=S)NCCCCCC(=O)OC)cc1. The average Bonchev–Trinajstić information content (AvgIpc) is 2.62. The van der Waals surface area contributed by atoms with Crippen LogP contribution >= 0.6 is 12.2 Å². The molecule has 7 heteroatoms. The van der Waals surface area contributed by atoms with Crippen LogP contribution in [0.4, 0.5) is 0 Å². The topological polar surface area (TPSA) is 79.5 Å². The van der Waals surface area contributed by atoms with E-state index in [1.807, 2.05) is 12.1 Å². The van der Waals surface area contributed by atoms with Crippen LogP contribution in [0.2, 0.25) is 0 Å². The number of amides is 1. The minimum atomic E-state index is -0.236. The summed E-state index contributed by atoms with van der Waals surface area (Å²) in [5.74, 6) is -0.422. The molecule has 1 rings (SSSR count). The molecule has 24 heavy (non-hydrogen) atoms. The first-order chi connectivity index (χ1) is 11.6. The van der Waals surface area contributed by atoms with Gasteiger partial charge in [0.15, 0.2) is 5.11 Å². The highest BCUT2D eigenvalue weighted by Gasteiger charge is 2.05. The lowest BCUT2D eigenvalue weighted by Gasteiger charge is -2.11. The molecule has 0 aliphatic carbocycles. The van der Waals surface area contributed by atoms with Gasteiger partial charge in [0.1, 0.15) is 0 Å². The Morgan fingerprint density at radius 3 is 2.42 bits per heavy atom. The monoisotopic (exact) mass is 351 g/mol. The van der Waals surface area contributed by atoms with Gasteiger partial charge in [-0.05, 0) is 49.2 Å². The first kappa shape index (κ1) is 19.9. The maximum Gasteiger partial charge on any atom is 0.305 e. The summed E-state index contributed by atoms with van der Waals surface area (Å²) < 4.78 is 4.57. The highest BCUT2D eigenvalue weighted by Crippen LogP contribution is 2.04. The van der Waals surface area contributed by atoms with Gasteiger partial charge in [-0.25, -0.2) is 0 Å². The lowest BCUT2D eigenvalue weighted by Crippen LogP contribution is -2.46. The third-order valence-corrected chi connectivity index (χ3v) is 3.73. The zero-order valence-electron chi connectivity index (χ0n) is 14.2. The van der Waals surface area contributed by atoms with Crippen molar-refractivity contribution in [2.24, 2.45) is 0 Å². The number of methoxy groups -OCH3 is 1. The van der Waals surface area contributed by atoms with E-state index in [0.29, 0.717) is 23.6 Å². The summed E-state index contributed by atoms with van der Waals surface area (Å²) in [5, 5.41) is 3.36. The normalized spacial score (nSPS) is 9.92. The molecule has 1 aromatic carbocycles. The standard InChI is InChI=1S/C17H25N3O3S/c1-3-13-8-10-14(11-9-13)16(22)19-20-17(24)18-12-6-4-5-7-15(21)23-2/h8-11H,3-7,12H2,1-2H3,(H,19,22)(H2,18,20,24). The maximum absolute atomic E-state index is 12.0. The van der Waals surface area contributed by atoms with E-state index in [2.05, 4.69) is 27.8 Å². The molecule has 0 bridgehead atoms. The van der Waals surface area contributed by atoms with E-state index >= 15 is 0 Å². The number of carbonyl (C=O) groups is 2. The third kappa shape index (κ3) is 7.92. The summed E-state index contributed by atoms with van der Waals surface area (Å²) >= 11 is 5.09. The summed E-state index contributed by atoms with van der Waals surface area (Å²) in [4.78, 5) is 22.9. The Labute approximate surface area is 148 Å². The van der Waals surface area contributed by atoms with Crippen molar-refractivity contribution in [1.29, 1.82) is 0 Å². The summed E-state index contributed by atoms with van der Waals surface area (Å²) in [6.45, 7) is 2.74. The number of ether oxygens (including phenoxy) is 1. The predicted octanol–water partition coefficient (Wildman–Crippen LogP) is 2.09. The van der Waals surface area contributed by atoms with Gasteiger partial charge in [0, 0.05) is 18.5 Å². The van der Waals surface area contributed by atoms with Crippen LogP contribution in [0.3, 0.4) is 0 Å². The number of esters is 1. The molecule has 0 aromatic heterocycles. The maximum atomic E-state index is 12.0. The number of rotatable bonds is 8. The Balaban J connectivity index is 2.14. The van der Waals surface area contributed by atoms with Crippen LogP contribution in [-0.2, 0) is 16.0 Å². The quantitative estimate of drug-likeness (QED) is 0.288. The van der Waals surface area contributed by atoms with E-state index in [-0.39, 0.29) is 11.9 Å². The molecule has 0 radical (unpaired) electrons. The Kier molecular flexibility index (Phi) is 9.45. The number of unbranched alkanes of at least 4 members (excludes halogenated alkanes) is 2. The number of hydrazine groups is 1. The first-order valence-corrected chi connectivity index (χ1v) is 8.47. The average molecular weight is 351 g/mol. The van der Waals surface area contributed by atoms with Crippen molar-refractivity contribution in [3.05, 3.63) is 35.4 Å². The van der Waals surface area contributed by atoms with E-state index in [1.165, 1.54) is 12.7 Å². The molecule has 0 heterocycles. The van der Waals surface area contributed by atoms with Crippen molar-refractivity contribution in [2.75, 3.05) is 13.7 Å². The molecule has 0 atom stereocenters. The van der Waals surface area contributed by atoms with Crippen molar-refractivity contribution >= 4 is 29.2 Å². The molecule has 0 spiro atoms. The number of benzene rings is 1. The van der Waals surface area contributed by atoms with Gasteiger partial charge in [0.05, 0.1) is 7.11 Å². The highest BCUT2D eigenvalue weighted by molar-refractivity contribution is 7.80. The second kappa shape index (κ2) is 11.4. The Bertz CT molecular complexity index is 547. The Morgan fingerprint density at radius 1 is 1.08 bits per heavy atom. The fraction of sp³-hybridized carbons (Fsp3) is 0.471. The van der Waals surface area contributed by atoms with E-state index < -0.39 is 0 Å². The molecule has 0 saturated carbocycles. The number of nitrogens with one attached hydrogen (secondary N) is 3. The summed E-state index contributed by atoms with van der Waals surface area (Å²) in [6, 6.07) is 7.43. The minimum Gasteiger partial charge on any atom is -0.469 e. The van der Waals surface area contributed by atoms with Crippen molar-refractivity contribution < 1.29 is 14.3 Å². The van der Waals surface area contributed by atoms with E-state index in [9.17, 15) is 9.59 Å². The van der Waals surface area contributed by atoms with Gasteiger partial charge in [0.2, 0.25) is 0 Å². The largest absolute Gasteiger partial charge is 0.469 e. The van der Waals surface area contributed by atoms with Gasteiger partial charge >= 0.3 is 5.97 Å². The Morgan fingerprint density at radius 2 is 1.79 bits per heavy atom. The lowest BCUT2D eigenvalue weighted by atomic mass is 10.1. The van der Waals surface area contributed by atoms with Crippen LogP contribution in [-0.4, -0.2) is 30.6 Å². The van der Waals surface area contributed by atoms with Gasteiger partial charge < -0.3 is 10.1 Å². The third-order valence-electron chi connectivity index (χ3n) is 3.48. The smallest absolute Gasteiger partial charge is 0.305 e. The van der Waals surface area contributed by atoms with Gasteiger partial charge in [-0.3, -0.25) is 20.4 Å². The van der Waals surface area contributed by atoms with Crippen LogP contribution in [0.5, 0.6) is 0 Å². The molecule has 1 aromatic rings.